The molecule has 144 valence electrons. The molecule has 1 aromatic rings. The summed E-state index contributed by atoms with van der Waals surface area (Å²) < 4.78 is 13.1. The Morgan fingerprint density at radius 2 is 1.77 bits per heavy atom. The van der Waals surface area contributed by atoms with Gasteiger partial charge in [0.05, 0.1) is 13.0 Å². The zero-order valence-corrected chi connectivity index (χ0v) is 15.8. The molecular weight excluding hydrogens is 337 g/mol. The van der Waals surface area contributed by atoms with E-state index in [-0.39, 0.29) is 36.1 Å². The molecule has 1 aromatic carbocycles. The maximum absolute atomic E-state index is 13.1. The lowest BCUT2D eigenvalue weighted by Gasteiger charge is -2.21. The van der Waals surface area contributed by atoms with Gasteiger partial charge in [-0.15, -0.1) is 0 Å². The Hall–Kier alpha value is -2.64. The summed E-state index contributed by atoms with van der Waals surface area (Å²) in [5, 5.41) is 11.5. The third kappa shape index (κ3) is 9.61. The van der Waals surface area contributed by atoms with Gasteiger partial charge in [-0.2, -0.15) is 0 Å². The number of carbonyl (C=O) groups excluding carboxylic acids is 2. The quantitative estimate of drug-likeness (QED) is 0.323. The molecule has 0 saturated heterocycles. The molecule has 0 bridgehead atoms. The maximum atomic E-state index is 13.1. The van der Waals surface area contributed by atoms with E-state index in [1.807, 2.05) is 20.8 Å². The number of rotatable bonds is 7. The van der Waals surface area contributed by atoms with E-state index < -0.39 is 0 Å². The summed E-state index contributed by atoms with van der Waals surface area (Å²) in [5.41, 5.74) is 0.333. The van der Waals surface area contributed by atoms with Gasteiger partial charge in [0.25, 0.3) is 0 Å². The normalized spacial score (nSPS) is 11.7. The minimum absolute atomic E-state index is 0.100. The number of hydrogen-bond acceptors (Lipinski definition) is 3. The second-order valence-electron chi connectivity index (χ2n) is 6.81. The van der Waals surface area contributed by atoms with Crippen LogP contribution in [0.4, 0.5) is 4.39 Å². The first kappa shape index (κ1) is 21.4. The fraction of sp³-hybridized carbons (Fsp3) is 0.500. The molecule has 7 nitrogen and oxygen atoms in total. The van der Waals surface area contributed by atoms with Crippen LogP contribution in [0.3, 0.4) is 0 Å². The predicted octanol–water partition coefficient (Wildman–Crippen LogP) is 0.564. The summed E-state index contributed by atoms with van der Waals surface area (Å²) in [6, 6.07) is 5.96. The van der Waals surface area contributed by atoms with Crippen molar-refractivity contribution in [2.24, 2.45) is 4.99 Å². The molecule has 4 N–H and O–H groups in total. The van der Waals surface area contributed by atoms with Crippen molar-refractivity contribution in [3.05, 3.63) is 35.6 Å². The average Bonchev–Trinajstić information content (AvgIpc) is 2.52. The lowest BCUT2D eigenvalue weighted by molar-refractivity contribution is -0.121. The van der Waals surface area contributed by atoms with Crippen molar-refractivity contribution in [3.8, 4) is 0 Å². The highest BCUT2D eigenvalue weighted by atomic mass is 19.1. The molecule has 0 saturated carbocycles. The minimum atomic E-state index is -0.359. The number of halogens is 1. The SMILES string of the molecule is CN=C(NCCNC(=O)Cc1cccc(F)c1)NCC(=O)NC(C)(C)C. The minimum Gasteiger partial charge on any atom is -0.355 e. The third-order valence-electron chi connectivity index (χ3n) is 3.15. The molecule has 8 heteroatoms. The van der Waals surface area contributed by atoms with Crippen molar-refractivity contribution < 1.29 is 14.0 Å². The van der Waals surface area contributed by atoms with Gasteiger partial charge in [-0.1, -0.05) is 12.1 Å². The van der Waals surface area contributed by atoms with E-state index in [2.05, 4.69) is 26.3 Å². The Morgan fingerprint density at radius 1 is 1.08 bits per heavy atom. The molecule has 0 fully saturated rings. The fourth-order valence-electron chi connectivity index (χ4n) is 2.12. The van der Waals surface area contributed by atoms with E-state index in [1.54, 1.807) is 19.2 Å². The molecule has 0 aliphatic rings. The highest BCUT2D eigenvalue weighted by molar-refractivity contribution is 5.86. The number of aliphatic imine (C=N–C) groups is 1. The van der Waals surface area contributed by atoms with E-state index in [0.717, 1.165) is 0 Å². The lowest BCUT2D eigenvalue weighted by Crippen LogP contribution is -2.49. The highest BCUT2D eigenvalue weighted by Crippen LogP contribution is 2.03. The van der Waals surface area contributed by atoms with E-state index in [4.69, 9.17) is 0 Å². The summed E-state index contributed by atoms with van der Waals surface area (Å²) >= 11 is 0. The van der Waals surface area contributed by atoms with E-state index in [9.17, 15) is 14.0 Å². The lowest BCUT2D eigenvalue weighted by atomic mass is 10.1. The first-order valence-electron chi connectivity index (χ1n) is 8.46. The van der Waals surface area contributed by atoms with Gasteiger partial charge in [0.2, 0.25) is 11.8 Å². The van der Waals surface area contributed by atoms with Crippen molar-refractivity contribution >= 4 is 17.8 Å². The summed E-state index contributed by atoms with van der Waals surface area (Å²) in [5.74, 6) is -0.218. The molecule has 0 spiro atoms. The molecular formula is C18H28FN5O2. The number of carbonyl (C=O) groups is 2. The molecule has 0 aromatic heterocycles. The van der Waals surface area contributed by atoms with Crippen LogP contribution in [0.25, 0.3) is 0 Å². The number of nitrogens with one attached hydrogen (secondary N) is 4. The number of guanidine groups is 1. The maximum Gasteiger partial charge on any atom is 0.239 e. The van der Waals surface area contributed by atoms with Gasteiger partial charge in [-0.25, -0.2) is 4.39 Å². The number of nitrogens with zero attached hydrogens (tertiary/aromatic N) is 1. The Bertz CT molecular complexity index is 641. The predicted molar refractivity (Wildman–Crippen MR) is 100 cm³/mol. The van der Waals surface area contributed by atoms with Crippen molar-refractivity contribution in [1.29, 1.82) is 0 Å². The number of hydrogen-bond donors (Lipinski definition) is 4. The van der Waals surface area contributed by atoms with Crippen LogP contribution in [0.15, 0.2) is 29.3 Å². The van der Waals surface area contributed by atoms with Crippen molar-refractivity contribution in [2.75, 3.05) is 26.7 Å². The van der Waals surface area contributed by atoms with Gasteiger partial charge in [-0.3, -0.25) is 14.6 Å². The molecule has 0 aliphatic heterocycles. The van der Waals surface area contributed by atoms with Gasteiger partial charge in [0.1, 0.15) is 5.82 Å². The first-order chi connectivity index (χ1) is 12.2. The Morgan fingerprint density at radius 3 is 2.38 bits per heavy atom. The van der Waals surface area contributed by atoms with Gasteiger partial charge < -0.3 is 21.3 Å². The molecule has 0 aliphatic carbocycles. The van der Waals surface area contributed by atoms with Crippen LogP contribution in [0.2, 0.25) is 0 Å². The van der Waals surface area contributed by atoms with Gasteiger partial charge in [0, 0.05) is 25.7 Å². The topological polar surface area (TPSA) is 94.6 Å². The van der Waals surface area contributed by atoms with Crippen molar-refractivity contribution in [3.63, 3.8) is 0 Å². The van der Waals surface area contributed by atoms with Crippen molar-refractivity contribution in [1.82, 2.24) is 21.3 Å². The van der Waals surface area contributed by atoms with E-state index >= 15 is 0 Å². The van der Waals surface area contributed by atoms with Crippen LogP contribution in [0.1, 0.15) is 26.3 Å². The largest absolute Gasteiger partial charge is 0.355 e. The molecule has 0 radical (unpaired) electrons. The fourth-order valence-corrected chi connectivity index (χ4v) is 2.12. The third-order valence-corrected chi connectivity index (χ3v) is 3.15. The monoisotopic (exact) mass is 365 g/mol. The molecule has 0 unspecified atom stereocenters. The average molecular weight is 365 g/mol. The summed E-state index contributed by atoms with van der Waals surface area (Å²) in [4.78, 5) is 27.6. The highest BCUT2D eigenvalue weighted by Gasteiger charge is 2.13. The zero-order valence-electron chi connectivity index (χ0n) is 15.8. The molecule has 26 heavy (non-hydrogen) atoms. The Balaban J connectivity index is 2.24. The van der Waals surface area contributed by atoms with Crippen LogP contribution in [-0.2, 0) is 16.0 Å². The van der Waals surface area contributed by atoms with Gasteiger partial charge >= 0.3 is 0 Å². The van der Waals surface area contributed by atoms with E-state index in [0.29, 0.717) is 24.6 Å². The molecule has 0 atom stereocenters. The van der Waals surface area contributed by atoms with Crippen LogP contribution in [0.5, 0.6) is 0 Å². The standard InChI is InChI=1S/C18H28FN5O2/c1-18(2,3)24-16(26)12-23-17(20-4)22-9-8-21-15(25)11-13-6-5-7-14(19)10-13/h5-7,10H,8-9,11-12H2,1-4H3,(H,21,25)(H,24,26)(H2,20,22,23). The van der Waals surface area contributed by atoms with Crippen LogP contribution >= 0.6 is 0 Å². The second-order valence-corrected chi connectivity index (χ2v) is 6.81. The first-order valence-corrected chi connectivity index (χ1v) is 8.46. The smallest absolute Gasteiger partial charge is 0.239 e. The van der Waals surface area contributed by atoms with Crippen LogP contribution in [-0.4, -0.2) is 50.0 Å². The van der Waals surface area contributed by atoms with Gasteiger partial charge in [-0.05, 0) is 38.5 Å². The molecule has 2 amide bonds. The molecule has 1 rings (SSSR count). The van der Waals surface area contributed by atoms with Crippen LogP contribution in [0, 0.1) is 5.82 Å². The second kappa shape index (κ2) is 10.4. The number of amides is 2. The molecule has 0 heterocycles. The van der Waals surface area contributed by atoms with Gasteiger partial charge in [0.15, 0.2) is 5.96 Å². The Kier molecular flexibility index (Phi) is 8.54. The number of benzene rings is 1. The summed E-state index contributed by atoms with van der Waals surface area (Å²) in [6.07, 6.45) is 0.123. The zero-order chi connectivity index (χ0) is 19.6. The van der Waals surface area contributed by atoms with E-state index in [1.165, 1.54) is 12.1 Å². The van der Waals surface area contributed by atoms with Crippen molar-refractivity contribution in [2.45, 2.75) is 32.7 Å². The summed E-state index contributed by atoms with van der Waals surface area (Å²) in [7, 11) is 1.60. The Labute approximate surface area is 153 Å². The summed E-state index contributed by atoms with van der Waals surface area (Å²) in [6.45, 7) is 6.64. The van der Waals surface area contributed by atoms with Crippen LogP contribution < -0.4 is 21.3 Å².